The molecule has 6 aromatic rings. The Hall–Kier alpha value is -4.17. The van der Waals surface area contributed by atoms with E-state index < -0.39 is 0 Å². The fourth-order valence-electron chi connectivity index (χ4n) is 5.47. The van der Waals surface area contributed by atoms with Gasteiger partial charge >= 0.3 is 0 Å². The van der Waals surface area contributed by atoms with Gasteiger partial charge in [0.2, 0.25) is 0 Å². The molecule has 0 aliphatic rings. The Balaban J connectivity index is 1.74. The van der Waals surface area contributed by atoms with Gasteiger partial charge in [-0.3, -0.25) is 4.57 Å². The van der Waals surface area contributed by atoms with Gasteiger partial charge in [-0.1, -0.05) is 113 Å². The molecule has 0 unspecified atom stereocenters. The molecule has 0 atom stereocenters. The Morgan fingerprint density at radius 2 is 1.22 bits per heavy atom. The number of imidazole rings is 1. The third kappa shape index (κ3) is 4.03. The second-order valence-corrected chi connectivity index (χ2v) is 10.5. The summed E-state index contributed by atoms with van der Waals surface area (Å²) >= 11 is 0. The topological polar surface area (TPSA) is 17.8 Å². The Bertz CT molecular complexity index is 1690. The number of nitrogens with zero attached hydrogens (tertiary/aromatic N) is 2. The highest BCUT2D eigenvalue weighted by atomic mass is 15.1. The quantitative estimate of drug-likeness (QED) is 0.240. The van der Waals surface area contributed by atoms with E-state index in [0.29, 0.717) is 11.8 Å². The number of rotatable bonds is 5. The molecule has 5 aromatic carbocycles. The first-order valence-electron chi connectivity index (χ1n) is 13.2. The average molecular weight is 481 g/mol. The molecule has 0 amide bonds. The van der Waals surface area contributed by atoms with Crippen LogP contribution in [0.3, 0.4) is 0 Å². The van der Waals surface area contributed by atoms with Crippen molar-refractivity contribution in [3.05, 3.63) is 120 Å². The van der Waals surface area contributed by atoms with Crippen molar-refractivity contribution in [1.29, 1.82) is 0 Å². The number of benzene rings is 5. The predicted molar refractivity (Wildman–Crippen MR) is 158 cm³/mol. The summed E-state index contributed by atoms with van der Waals surface area (Å²) in [4.78, 5) is 5.25. The third-order valence-electron chi connectivity index (χ3n) is 7.33. The van der Waals surface area contributed by atoms with Crippen molar-refractivity contribution in [3.8, 4) is 28.2 Å². The number of aromatic nitrogens is 2. The minimum atomic E-state index is 0.345. The Labute approximate surface area is 219 Å². The van der Waals surface area contributed by atoms with Crippen molar-refractivity contribution in [3.63, 3.8) is 0 Å². The van der Waals surface area contributed by atoms with Crippen LogP contribution in [-0.4, -0.2) is 9.55 Å². The lowest BCUT2D eigenvalue weighted by Gasteiger charge is -2.24. The molecule has 0 fully saturated rings. The highest BCUT2D eigenvalue weighted by Crippen LogP contribution is 2.41. The van der Waals surface area contributed by atoms with Crippen LogP contribution >= 0.6 is 0 Å². The lowest BCUT2D eigenvalue weighted by Crippen LogP contribution is -2.09. The van der Waals surface area contributed by atoms with Crippen LogP contribution in [0.5, 0.6) is 0 Å². The van der Waals surface area contributed by atoms with Gasteiger partial charge in [0.1, 0.15) is 5.82 Å². The SMILES string of the molecule is CC(C)c1cc(-c2ccccc2)cc(C(C)C)c1-n1c(-c2cccc3ccccc23)nc2ccccc21. The number of hydrogen-bond donors (Lipinski definition) is 0. The zero-order valence-corrected chi connectivity index (χ0v) is 21.9. The van der Waals surface area contributed by atoms with Gasteiger partial charge in [-0.2, -0.15) is 0 Å². The second kappa shape index (κ2) is 9.37. The van der Waals surface area contributed by atoms with E-state index in [4.69, 9.17) is 4.98 Å². The minimum absolute atomic E-state index is 0.345. The van der Waals surface area contributed by atoms with Gasteiger partial charge in [0.15, 0.2) is 0 Å². The zero-order valence-electron chi connectivity index (χ0n) is 21.9. The van der Waals surface area contributed by atoms with Crippen LogP contribution in [0.2, 0.25) is 0 Å². The van der Waals surface area contributed by atoms with Crippen molar-refractivity contribution in [1.82, 2.24) is 9.55 Å². The number of para-hydroxylation sites is 2. The molecule has 1 aromatic heterocycles. The first-order chi connectivity index (χ1) is 18.0. The molecule has 182 valence electrons. The first kappa shape index (κ1) is 23.2. The van der Waals surface area contributed by atoms with Crippen molar-refractivity contribution >= 4 is 21.8 Å². The van der Waals surface area contributed by atoms with E-state index in [0.717, 1.165) is 22.4 Å². The second-order valence-electron chi connectivity index (χ2n) is 10.5. The molecule has 37 heavy (non-hydrogen) atoms. The van der Waals surface area contributed by atoms with E-state index >= 15 is 0 Å². The Kier molecular flexibility index (Phi) is 5.88. The average Bonchev–Trinajstić information content (AvgIpc) is 3.31. The molecule has 2 nitrogen and oxygen atoms in total. The van der Waals surface area contributed by atoms with Gasteiger partial charge < -0.3 is 0 Å². The van der Waals surface area contributed by atoms with E-state index in [-0.39, 0.29) is 0 Å². The maximum atomic E-state index is 5.25. The molecule has 1 heterocycles. The number of hydrogen-bond acceptors (Lipinski definition) is 1. The highest BCUT2D eigenvalue weighted by molar-refractivity contribution is 5.97. The molecule has 0 aliphatic heterocycles. The largest absolute Gasteiger partial charge is 0.292 e. The van der Waals surface area contributed by atoms with Crippen LogP contribution in [0.25, 0.3) is 50.0 Å². The Morgan fingerprint density at radius 1 is 0.595 bits per heavy atom. The predicted octanol–water partition coefficient (Wildman–Crippen LogP) is 9.76. The van der Waals surface area contributed by atoms with Gasteiger partial charge in [-0.15, -0.1) is 0 Å². The lowest BCUT2D eigenvalue weighted by atomic mass is 9.88. The first-order valence-corrected chi connectivity index (χ1v) is 13.2. The summed E-state index contributed by atoms with van der Waals surface area (Å²) in [6, 6.07) is 39.2. The molecule has 0 saturated heterocycles. The van der Waals surface area contributed by atoms with Crippen LogP contribution in [0.4, 0.5) is 0 Å². The van der Waals surface area contributed by atoms with Crippen molar-refractivity contribution in [2.45, 2.75) is 39.5 Å². The van der Waals surface area contributed by atoms with E-state index in [1.807, 2.05) is 0 Å². The van der Waals surface area contributed by atoms with Gasteiger partial charge in [-0.25, -0.2) is 4.98 Å². The Morgan fingerprint density at radius 3 is 1.95 bits per heavy atom. The van der Waals surface area contributed by atoms with E-state index in [2.05, 4.69) is 141 Å². The standard InChI is InChI=1S/C35H32N2/c1-23(2)30-21-27(25-13-6-5-7-14-25)22-31(24(3)4)34(30)37-33-20-11-10-19-32(33)36-35(37)29-18-12-16-26-15-8-9-17-28(26)29/h5-24H,1-4H3. The minimum Gasteiger partial charge on any atom is -0.292 e. The molecule has 2 heteroatoms. The fraction of sp³-hybridized carbons (Fsp3) is 0.171. The maximum absolute atomic E-state index is 5.25. The molecule has 0 spiro atoms. The summed E-state index contributed by atoms with van der Waals surface area (Å²) < 4.78 is 2.43. The molecule has 0 aliphatic carbocycles. The van der Waals surface area contributed by atoms with Crippen molar-refractivity contribution in [2.24, 2.45) is 0 Å². The van der Waals surface area contributed by atoms with E-state index in [9.17, 15) is 0 Å². The summed E-state index contributed by atoms with van der Waals surface area (Å²) in [6.45, 7) is 9.20. The van der Waals surface area contributed by atoms with Crippen LogP contribution in [0.1, 0.15) is 50.7 Å². The summed E-state index contributed by atoms with van der Waals surface area (Å²) in [5.74, 6) is 1.68. The number of fused-ring (bicyclic) bond motifs is 2. The molecular weight excluding hydrogens is 448 g/mol. The van der Waals surface area contributed by atoms with E-state index in [1.54, 1.807) is 0 Å². The third-order valence-corrected chi connectivity index (χ3v) is 7.33. The van der Waals surface area contributed by atoms with Gasteiger partial charge in [0.25, 0.3) is 0 Å². The van der Waals surface area contributed by atoms with Crippen molar-refractivity contribution < 1.29 is 0 Å². The van der Waals surface area contributed by atoms with Gasteiger partial charge in [0, 0.05) is 5.56 Å². The van der Waals surface area contributed by atoms with Crippen LogP contribution in [-0.2, 0) is 0 Å². The normalized spacial score (nSPS) is 11.7. The lowest BCUT2D eigenvalue weighted by molar-refractivity contribution is 0.812. The molecular formula is C35H32N2. The molecule has 0 saturated carbocycles. The monoisotopic (exact) mass is 480 g/mol. The molecule has 0 bridgehead atoms. The van der Waals surface area contributed by atoms with Crippen molar-refractivity contribution in [2.75, 3.05) is 0 Å². The van der Waals surface area contributed by atoms with Crippen LogP contribution < -0.4 is 0 Å². The summed E-state index contributed by atoms with van der Waals surface area (Å²) in [6.07, 6.45) is 0. The van der Waals surface area contributed by atoms with Crippen LogP contribution in [0.15, 0.2) is 109 Å². The maximum Gasteiger partial charge on any atom is 0.146 e. The highest BCUT2D eigenvalue weighted by Gasteiger charge is 2.24. The molecule has 6 rings (SSSR count). The fourth-order valence-corrected chi connectivity index (χ4v) is 5.47. The molecule has 0 radical (unpaired) electrons. The van der Waals surface area contributed by atoms with E-state index in [1.165, 1.54) is 38.7 Å². The van der Waals surface area contributed by atoms with Crippen LogP contribution in [0, 0.1) is 0 Å². The van der Waals surface area contributed by atoms with Gasteiger partial charge in [0.05, 0.1) is 16.7 Å². The summed E-state index contributed by atoms with van der Waals surface area (Å²) in [5.41, 5.74) is 9.79. The zero-order chi connectivity index (χ0) is 25.5. The summed E-state index contributed by atoms with van der Waals surface area (Å²) in [7, 11) is 0. The smallest absolute Gasteiger partial charge is 0.146 e. The molecule has 0 N–H and O–H groups in total. The summed E-state index contributed by atoms with van der Waals surface area (Å²) in [5, 5.41) is 2.45. The van der Waals surface area contributed by atoms with Gasteiger partial charge in [-0.05, 0) is 69.1 Å².